The molecule has 0 heterocycles. The molecule has 0 bridgehead atoms. The number of amides is 1. The zero-order chi connectivity index (χ0) is 21.9. The molecule has 3 aromatic carbocycles. The number of sulfonamides is 1. The van der Waals surface area contributed by atoms with E-state index in [9.17, 15) is 22.0 Å². The zero-order valence-electron chi connectivity index (χ0n) is 15.5. The highest BCUT2D eigenvalue weighted by Crippen LogP contribution is 2.31. The van der Waals surface area contributed by atoms with E-state index < -0.39 is 45.7 Å². The third-order valence-corrected chi connectivity index (χ3v) is 6.55. The van der Waals surface area contributed by atoms with Crippen LogP contribution in [0.25, 0.3) is 0 Å². The second-order valence-corrected chi connectivity index (χ2v) is 8.75. The number of nitrogens with two attached hydrogens (primary N) is 1. The van der Waals surface area contributed by atoms with Crippen molar-refractivity contribution in [2.75, 3.05) is 0 Å². The van der Waals surface area contributed by atoms with Crippen molar-refractivity contribution in [1.29, 1.82) is 0 Å². The minimum atomic E-state index is -4.40. The molecule has 0 radical (unpaired) electrons. The monoisotopic (exact) mass is 450 g/mol. The van der Waals surface area contributed by atoms with Crippen LogP contribution < -0.4 is 5.73 Å². The third kappa shape index (κ3) is 4.51. The Balaban J connectivity index is 2.20. The number of rotatable bonds is 7. The summed E-state index contributed by atoms with van der Waals surface area (Å²) < 4.78 is 56.2. The molecule has 0 aliphatic carbocycles. The van der Waals surface area contributed by atoms with Gasteiger partial charge in [0, 0.05) is 17.1 Å². The SMILES string of the molecule is NC(=O)C(c1ccccc1)N(Cc1c(F)cccc1F)S(=O)(=O)c1ccc(Cl)cc1. The summed E-state index contributed by atoms with van der Waals surface area (Å²) in [6.45, 7) is -0.744. The van der Waals surface area contributed by atoms with Crippen LogP contribution in [0.2, 0.25) is 5.02 Å². The first kappa shape index (κ1) is 21.9. The molecule has 9 heteroatoms. The predicted molar refractivity (Wildman–Crippen MR) is 109 cm³/mol. The van der Waals surface area contributed by atoms with Gasteiger partial charge in [-0.1, -0.05) is 48.0 Å². The highest BCUT2D eigenvalue weighted by Gasteiger charge is 2.37. The summed E-state index contributed by atoms with van der Waals surface area (Å²) >= 11 is 5.84. The smallest absolute Gasteiger partial charge is 0.244 e. The minimum absolute atomic E-state index is 0.203. The average Bonchev–Trinajstić information content (AvgIpc) is 2.70. The summed E-state index contributed by atoms with van der Waals surface area (Å²) in [6, 6.07) is 14.8. The van der Waals surface area contributed by atoms with E-state index in [1.807, 2.05) is 0 Å². The van der Waals surface area contributed by atoms with Crippen molar-refractivity contribution < 1.29 is 22.0 Å². The predicted octanol–water partition coefficient (Wildman–Crippen LogP) is 4.04. The maximum atomic E-state index is 14.3. The van der Waals surface area contributed by atoms with E-state index in [2.05, 4.69) is 0 Å². The van der Waals surface area contributed by atoms with Crippen LogP contribution in [0.15, 0.2) is 77.7 Å². The molecule has 0 saturated carbocycles. The first-order chi connectivity index (χ1) is 14.2. The number of carbonyl (C=O) groups is 1. The summed E-state index contributed by atoms with van der Waals surface area (Å²) in [5.74, 6) is -2.87. The van der Waals surface area contributed by atoms with Gasteiger partial charge < -0.3 is 5.73 Å². The van der Waals surface area contributed by atoms with Crippen LogP contribution in [0, 0.1) is 11.6 Å². The number of carbonyl (C=O) groups excluding carboxylic acids is 1. The number of halogens is 3. The van der Waals surface area contributed by atoms with Gasteiger partial charge in [-0.15, -0.1) is 0 Å². The lowest BCUT2D eigenvalue weighted by Crippen LogP contribution is -2.41. The standard InChI is InChI=1S/C21H17ClF2N2O3S/c22-15-9-11-16(12-10-15)30(28,29)26(13-17-18(23)7-4-8-19(17)24)20(21(25)27)14-5-2-1-3-6-14/h1-12,20H,13H2,(H2,25,27). The summed E-state index contributed by atoms with van der Waals surface area (Å²) in [7, 11) is -4.40. The highest BCUT2D eigenvalue weighted by atomic mass is 35.5. The van der Waals surface area contributed by atoms with E-state index in [1.54, 1.807) is 18.2 Å². The number of hydrogen-bond donors (Lipinski definition) is 1. The molecule has 30 heavy (non-hydrogen) atoms. The van der Waals surface area contributed by atoms with Gasteiger partial charge in [-0.3, -0.25) is 4.79 Å². The molecule has 2 N–H and O–H groups in total. The molecule has 0 aromatic heterocycles. The van der Waals surface area contributed by atoms with E-state index in [1.165, 1.54) is 36.4 Å². The van der Waals surface area contributed by atoms with E-state index in [4.69, 9.17) is 17.3 Å². The van der Waals surface area contributed by atoms with Crippen LogP contribution in [0.5, 0.6) is 0 Å². The van der Waals surface area contributed by atoms with Gasteiger partial charge in [-0.05, 0) is 42.0 Å². The summed E-state index contributed by atoms with van der Waals surface area (Å²) in [5, 5.41) is 0.301. The second-order valence-electron chi connectivity index (χ2n) is 6.42. The number of benzene rings is 3. The van der Waals surface area contributed by atoms with Crippen molar-refractivity contribution in [1.82, 2.24) is 4.31 Å². The fourth-order valence-corrected chi connectivity index (χ4v) is 4.68. The van der Waals surface area contributed by atoms with Gasteiger partial charge in [-0.25, -0.2) is 17.2 Å². The van der Waals surface area contributed by atoms with Crippen molar-refractivity contribution in [2.24, 2.45) is 5.73 Å². The molecule has 0 aliphatic rings. The molecule has 1 unspecified atom stereocenters. The zero-order valence-corrected chi connectivity index (χ0v) is 17.1. The number of hydrogen-bond acceptors (Lipinski definition) is 3. The largest absolute Gasteiger partial charge is 0.368 e. The highest BCUT2D eigenvalue weighted by molar-refractivity contribution is 7.89. The molecule has 3 aromatic rings. The molecule has 3 rings (SSSR count). The van der Waals surface area contributed by atoms with Gasteiger partial charge in [0.1, 0.15) is 17.7 Å². The fraction of sp³-hybridized carbons (Fsp3) is 0.0952. The first-order valence-electron chi connectivity index (χ1n) is 8.76. The van der Waals surface area contributed by atoms with Crippen molar-refractivity contribution >= 4 is 27.5 Å². The maximum absolute atomic E-state index is 14.3. The second kappa shape index (κ2) is 8.91. The Hall–Kier alpha value is -2.81. The number of primary amides is 1. The van der Waals surface area contributed by atoms with Crippen molar-refractivity contribution in [3.05, 3.63) is 101 Å². The molecule has 0 aliphatic heterocycles. The van der Waals surface area contributed by atoms with Gasteiger partial charge in [0.05, 0.1) is 4.90 Å². The summed E-state index contributed by atoms with van der Waals surface area (Å²) in [4.78, 5) is 12.1. The Morgan fingerprint density at radius 3 is 2.03 bits per heavy atom. The van der Waals surface area contributed by atoms with Gasteiger partial charge in [0.25, 0.3) is 0 Å². The minimum Gasteiger partial charge on any atom is -0.368 e. The van der Waals surface area contributed by atoms with E-state index in [0.29, 0.717) is 9.33 Å². The lowest BCUT2D eigenvalue weighted by molar-refractivity contribution is -0.122. The molecule has 1 atom stereocenters. The van der Waals surface area contributed by atoms with Crippen LogP contribution in [-0.2, 0) is 21.4 Å². The fourth-order valence-electron chi connectivity index (χ4n) is 3.00. The van der Waals surface area contributed by atoms with Gasteiger partial charge in [0.2, 0.25) is 15.9 Å². The Labute approximate surface area is 177 Å². The maximum Gasteiger partial charge on any atom is 0.244 e. The quantitative estimate of drug-likeness (QED) is 0.590. The third-order valence-electron chi connectivity index (χ3n) is 4.47. The van der Waals surface area contributed by atoms with Crippen LogP contribution in [0.1, 0.15) is 17.2 Å². The molecular formula is C21H17ClF2N2O3S. The molecule has 156 valence electrons. The average molecular weight is 451 g/mol. The first-order valence-corrected chi connectivity index (χ1v) is 10.6. The Morgan fingerprint density at radius 2 is 1.50 bits per heavy atom. The van der Waals surface area contributed by atoms with Gasteiger partial charge in [0.15, 0.2) is 0 Å². The molecular weight excluding hydrogens is 434 g/mol. The molecule has 0 fully saturated rings. The lowest BCUT2D eigenvalue weighted by Gasteiger charge is -2.29. The number of nitrogens with zero attached hydrogens (tertiary/aromatic N) is 1. The van der Waals surface area contributed by atoms with Crippen molar-refractivity contribution in [2.45, 2.75) is 17.5 Å². The van der Waals surface area contributed by atoms with E-state index >= 15 is 0 Å². The summed E-state index contributed by atoms with van der Waals surface area (Å²) in [6.07, 6.45) is 0. The van der Waals surface area contributed by atoms with Crippen molar-refractivity contribution in [3.8, 4) is 0 Å². The van der Waals surface area contributed by atoms with Gasteiger partial charge >= 0.3 is 0 Å². The molecule has 1 amide bonds. The van der Waals surface area contributed by atoms with Crippen LogP contribution in [-0.4, -0.2) is 18.6 Å². The Kier molecular flexibility index (Phi) is 6.50. The topological polar surface area (TPSA) is 80.5 Å². The van der Waals surface area contributed by atoms with Crippen LogP contribution in [0.3, 0.4) is 0 Å². The van der Waals surface area contributed by atoms with Crippen LogP contribution in [0.4, 0.5) is 8.78 Å². The normalized spacial score (nSPS) is 12.7. The Bertz CT molecular complexity index is 1140. The molecule has 5 nitrogen and oxygen atoms in total. The molecule has 0 spiro atoms. The summed E-state index contributed by atoms with van der Waals surface area (Å²) in [5.41, 5.74) is 5.31. The van der Waals surface area contributed by atoms with E-state index in [0.717, 1.165) is 18.2 Å². The van der Waals surface area contributed by atoms with Gasteiger partial charge in [-0.2, -0.15) is 4.31 Å². The lowest BCUT2D eigenvalue weighted by atomic mass is 10.1. The Morgan fingerprint density at radius 1 is 0.933 bits per heavy atom. The molecule has 0 saturated heterocycles. The van der Waals surface area contributed by atoms with Crippen LogP contribution >= 0.6 is 11.6 Å². The van der Waals surface area contributed by atoms with E-state index in [-0.39, 0.29) is 10.5 Å². The van der Waals surface area contributed by atoms with Crippen molar-refractivity contribution in [3.63, 3.8) is 0 Å².